The molecule has 1 aromatic carbocycles. The van der Waals surface area contributed by atoms with Crippen LogP contribution in [-0.4, -0.2) is 42.7 Å². The van der Waals surface area contributed by atoms with E-state index in [-0.39, 0.29) is 43.2 Å². The van der Waals surface area contributed by atoms with Crippen LogP contribution in [0.4, 0.5) is 0 Å². The molecule has 0 unspecified atom stereocenters. The summed E-state index contributed by atoms with van der Waals surface area (Å²) in [6, 6.07) is 5.99. The molecule has 2 aromatic rings. The van der Waals surface area contributed by atoms with Gasteiger partial charge in [0.25, 0.3) is 0 Å². The molecule has 0 aliphatic rings. The second kappa shape index (κ2) is 5.42. The second-order valence-corrected chi connectivity index (χ2v) is 3.34. The number of fused-ring (bicyclic) bond motifs is 1. The molecule has 1 aromatic heterocycles. The van der Waals surface area contributed by atoms with Gasteiger partial charge >= 0.3 is 37.7 Å². The van der Waals surface area contributed by atoms with Crippen molar-refractivity contribution in [1.82, 2.24) is 4.98 Å². The maximum absolute atomic E-state index is 4.26. The number of thiazole rings is 1. The Morgan fingerprint density at radius 1 is 1.33 bits per heavy atom. The Kier molecular flexibility index (Phi) is 5.73. The average Bonchev–Trinajstić information content (AvgIpc) is 2.36. The van der Waals surface area contributed by atoms with Crippen molar-refractivity contribution in [2.24, 2.45) is 0 Å². The van der Waals surface area contributed by atoms with Gasteiger partial charge in [0.1, 0.15) is 0 Å². The van der Waals surface area contributed by atoms with Crippen LogP contribution in [0, 0.1) is 0 Å². The van der Waals surface area contributed by atoms with Crippen molar-refractivity contribution in [2.75, 3.05) is 0 Å². The van der Waals surface area contributed by atoms with Gasteiger partial charge in [0.15, 0.2) is 0 Å². The van der Waals surface area contributed by atoms with E-state index in [4.69, 9.17) is 0 Å². The summed E-state index contributed by atoms with van der Waals surface area (Å²) in [7, 11) is 0. The van der Waals surface area contributed by atoms with E-state index in [9.17, 15) is 0 Å². The van der Waals surface area contributed by atoms with Crippen molar-refractivity contribution in [3.8, 4) is 0 Å². The summed E-state index contributed by atoms with van der Waals surface area (Å²) in [4.78, 5) is 5.12. The fraction of sp³-hybridized carbons (Fsp3) is 0. The van der Waals surface area contributed by atoms with Crippen LogP contribution < -0.4 is 0 Å². The molecular formula is C7H5CaNOS2. The molecule has 1 heterocycles. The third-order valence-corrected chi connectivity index (χ3v) is 2.49. The number of para-hydroxylation sites is 1. The van der Waals surface area contributed by atoms with Crippen molar-refractivity contribution in [2.45, 2.75) is 4.90 Å². The van der Waals surface area contributed by atoms with Crippen LogP contribution in [0.5, 0.6) is 0 Å². The Morgan fingerprint density at radius 3 is 2.75 bits per heavy atom. The van der Waals surface area contributed by atoms with E-state index >= 15 is 0 Å². The van der Waals surface area contributed by atoms with Gasteiger partial charge in [0.05, 0.1) is 15.7 Å². The molecule has 0 N–H and O–H groups in total. The summed E-state index contributed by atoms with van der Waals surface area (Å²) in [5, 5.41) is 0. The van der Waals surface area contributed by atoms with Crippen LogP contribution in [0.3, 0.4) is 0 Å². The van der Waals surface area contributed by atoms with Gasteiger partial charge in [-0.05, 0) is 12.1 Å². The number of aromatic nitrogens is 1. The summed E-state index contributed by atoms with van der Waals surface area (Å²) < 4.78 is 1.20. The standard InChI is InChI=1S/C7H5NS2.Ca.O/c9-5-2-1-3-6-7(5)8-4-10-6;;/h1-4,9H;;/q;+2;-2. The first-order chi connectivity index (χ1) is 4.88. The van der Waals surface area contributed by atoms with Crippen molar-refractivity contribution < 1.29 is 5.48 Å². The number of hydrogen-bond acceptors (Lipinski definition) is 3. The molecule has 0 aliphatic carbocycles. The average molecular weight is 223 g/mol. The van der Waals surface area contributed by atoms with E-state index < -0.39 is 0 Å². The van der Waals surface area contributed by atoms with Crippen LogP contribution in [0.2, 0.25) is 0 Å². The zero-order chi connectivity index (χ0) is 6.97. The molecule has 0 spiro atoms. The summed E-state index contributed by atoms with van der Waals surface area (Å²) in [6.45, 7) is 0. The molecule has 0 saturated carbocycles. The molecule has 12 heavy (non-hydrogen) atoms. The third kappa shape index (κ3) is 2.34. The van der Waals surface area contributed by atoms with E-state index in [1.54, 1.807) is 11.3 Å². The Balaban J connectivity index is 0.000000605. The number of nitrogens with zero attached hydrogens (tertiary/aromatic N) is 1. The van der Waals surface area contributed by atoms with Gasteiger partial charge in [0, 0.05) is 4.90 Å². The molecule has 0 radical (unpaired) electrons. The predicted molar refractivity (Wildman–Crippen MR) is 53.3 cm³/mol. The number of rotatable bonds is 0. The first-order valence-corrected chi connectivity index (χ1v) is 4.22. The molecule has 0 atom stereocenters. The van der Waals surface area contributed by atoms with Crippen molar-refractivity contribution in [3.05, 3.63) is 23.7 Å². The maximum atomic E-state index is 4.26. The van der Waals surface area contributed by atoms with Gasteiger partial charge in [-0.15, -0.1) is 24.0 Å². The van der Waals surface area contributed by atoms with Gasteiger partial charge in [0.2, 0.25) is 0 Å². The molecule has 5 heteroatoms. The molecule has 0 aliphatic heterocycles. The molecule has 0 saturated heterocycles. The van der Waals surface area contributed by atoms with E-state index in [1.807, 2.05) is 23.7 Å². The predicted octanol–water partition coefficient (Wildman–Crippen LogP) is 2.09. The van der Waals surface area contributed by atoms with Crippen molar-refractivity contribution >= 4 is 71.9 Å². The van der Waals surface area contributed by atoms with Crippen molar-refractivity contribution in [1.29, 1.82) is 0 Å². The zero-order valence-corrected chi connectivity index (χ0v) is 10.1. The maximum Gasteiger partial charge on any atom is 2.00 e. The Hall–Kier alpha value is 0.680. The molecule has 0 amide bonds. The van der Waals surface area contributed by atoms with Crippen LogP contribution in [0.1, 0.15) is 0 Å². The van der Waals surface area contributed by atoms with E-state index in [0.29, 0.717) is 0 Å². The fourth-order valence-corrected chi connectivity index (χ4v) is 1.91. The minimum Gasteiger partial charge on any atom is -2.00 e. The van der Waals surface area contributed by atoms with E-state index in [0.717, 1.165) is 10.4 Å². The Morgan fingerprint density at radius 2 is 2.08 bits per heavy atom. The molecule has 0 bridgehead atoms. The minimum atomic E-state index is 0. The Labute approximate surface area is 110 Å². The Bertz CT molecular complexity index is 363. The summed E-state index contributed by atoms with van der Waals surface area (Å²) in [5.41, 5.74) is 2.85. The van der Waals surface area contributed by atoms with Crippen molar-refractivity contribution in [3.63, 3.8) is 0 Å². The fourth-order valence-electron chi connectivity index (χ4n) is 0.871. The van der Waals surface area contributed by atoms with E-state index in [1.165, 1.54) is 4.70 Å². The molecular weight excluding hydrogens is 218 g/mol. The first kappa shape index (κ1) is 12.7. The normalized spacial score (nSPS) is 8.75. The molecule has 0 fully saturated rings. The molecule has 2 rings (SSSR count). The SMILES string of the molecule is Sc1cccc2scnc12.[Ca+2].[O-2]. The van der Waals surface area contributed by atoms with Gasteiger partial charge < -0.3 is 5.48 Å². The number of hydrogen-bond donors (Lipinski definition) is 1. The van der Waals surface area contributed by atoms with Gasteiger partial charge in [-0.2, -0.15) is 0 Å². The molecule has 58 valence electrons. The second-order valence-electron chi connectivity index (χ2n) is 1.98. The zero-order valence-electron chi connectivity index (χ0n) is 6.23. The monoisotopic (exact) mass is 223 g/mol. The quantitative estimate of drug-likeness (QED) is 0.539. The van der Waals surface area contributed by atoms with E-state index in [2.05, 4.69) is 17.6 Å². The molecule has 2 nitrogen and oxygen atoms in total. The number of benzene rings is 1. The van der Waals surface area contributed by atoms with Crippen LogP contribution in [0.25, 0.3) is 10.2 Å². The van der Waals surface area contributed by atoms with Crippen LogP contribution >= 0.6 is 24.0 Å². The number of thiol groups is 1. The topological polar surface area (TPSA) is 41.4 Å². The first-order valence-electron chi connectivity index (χ1n) is 2.89. The van der Waals surface area contributed by atoms with Gasteiger partial charge in [-0.25, -0.2) is 4.98 Å². The van der Waals surface area contributed by atoms with Gasteiger partial charge in [-0.1, -0.05) is 6.07 Å². The minimum absolute atomic E-state index is 0. The van der Waals surface area contributed by atoms with Gasteiger partial charge in [-0.3, -0.25) is 0 Å². The smallest absolute Gasteiger partial charge is 2.00 e. The summed E-state index contributed by atoms with van der Waals surface area (Å²) in [6.07, 6.45) is 0. The van der Waals surface area contributed by atoms with Crippen LogP contribution in [-0.2, 0) is 5.48 Å². The third-order valence-electron chi connectivity index (χ3n) is 1.34. The summed E-state index contributed by atoms with van der Waals surface area (Å²) >= 11 is 5.90. The van der Waals surface area contributed by atoms with Crippen LogP contribution in [0.15, 0.2) is 28.6 Å². The largest absolute Gasteiger partial charge is 2.00 e. The summed E-state index contributed by atoms with van der Waals surface area (Å²) in [5.74, 6) is 0.